The summed E-state index contributed by atoms with van der Waals surface area (Å²) in [5, 5.41) is -1.20. The van der Waals surface area contributed by atoms with Gasteiger partial charge < -0.3 is 0 Å². The molecule has 0 fully saturated rings. The molecular formula is C7H4Cl3F3. The van der Waals surface area contributed by atoms with Crippen LogP contribution in [0.5, 0.6) is 0 Å². The van der Waals surface area contributed by atoms with Crippen molar-refractivity contribution in [2.24, 2.45) is 0 Å². The monoisotopic (exact) mass is 250 g/mol. The lowest BCUT2D eigenvalue weighted by Crippen LogP contribution is -2.18. The SMILES string of the molecule is FC(F)(F)C1=C(Cl)C(Cl)CC(Cl)=C1. The summed E-state index contributed by atoms with van der Waals surface area (Å²) in [5.74, 6) is 0. The Kier molecular flexibility index (Phi) is 3.20. The van der Waals surface area contributed by atoms with Gasteiger partial charge in [0.15, 0.2) is 0 Å². The Morgan fingerprint density at radius 2 is 1.85 bits per heavy atom. The van der Waals surface area contributed by atoms with Gasteiger partial charge in [-0.3, -0.25) is 0 Å². The van der Waals surface area contributed by atoms with E-state index in [0.717, 1.165) is 6.08 Å². The second kappa shape index (κ2) is 3.71. The van der Waals surface area contributed by atoms with Gasteiger partial charge in [-0.15, -0.1) is 11.6 Å². The van der Waals surface area contributed by atoms with Crippen LogP contribution in [0.1, 0.15) is 6.42 Å². The van der Waals surface area contributed by atoms with Crippen molar-refractivity contribution >= 4 is 34.8 Å². The van der Waals surface area contributed by atoms with Crippen molar-refractivity contribution in [1.29, 1.82) is 0 Å². The fourth-order valence-electron chi connectivity index (χ4n) is 0.931. The summed E-state index contributed by atoms with van der Waals surface area (Å²) in [6, 6.07) is 0. The van der Waals surface area contributed by atoms with Crippen molar-refractivity contribution in [1.82, 2.24) is 0 Å². The van der Waals surface area contributed by atoms with E-state index in [1.807, 2.05) is 0 Å². The first kappa shape index (κ1) is 11.2. The van der Waals surface area contributed by atoms with Crippen LogP contribution < -0.4 is 0 Å². The van der Waals surface area contributed by atoms with E-state index in [2.05, 4.69) is 0 Å². The van der Waals surface area contributed by atoms with Crippen molar-refractivity contribution in [2.45, 2.75) is 18.0 Å². The molecule has 0 aromatic carbocycles. The molecule has 0 heterocycles. The fourth-order valence-corrected chi connectivity index (χ4v) is 1.80. The first-order valence-corrected chi connectivity index (χ1v) is 4.48. The molecule has 0 spiro atoms. The molecule has 0 aromatic rings. The zero-order valence-electron chi connectivity index (χ0n) is 6.13. The molecule has 0 aliphatic heterocycles. The van der Waals surface area contributed by atoms with Gasteiger partial charge in [0, 0.05) is 16.5 Å². The maximum Gasteiger partial charge on any atom is 0.417 e. The lowest BCUT2D eigenvalue weighted by atomic mass is 10.1. The summed E-state index contributed by atoms with van der Waals surface area (Å²) in [6.45, 7) is 0. The smallest absolute Gasteiger partial charge is 0.166 e. The van der Waals surface area contributed by atoms with E-state index in [-0.39, 0.29) is 11.5 Å². The third-order valence-corrected chi connectivity index (χ3v) is 2.73. The minimum absolute atomic E-state index is 0.0664. The van der Waals surface area contributed by atoms with Crippen LogP contribution in [0.3, 0.4) is 0 Å². The lowest BCUT2D eigenvalue weighted by Gasteiger charge is -2.19. The molecule has 13 heavy (non-hydrogen) atoms. The number of allylic oxidation sites excluding steroid dienone is 4. The molecule has 1 aliphatic carbocycles. The van der Waals surface area contributed by atoms with Gasteiger partial charge in [-0.1, -0.05) is 23.2 Å². The molecular weight excluding hydrogens is 247 g/mol. The van der Waals surface area contributed by atoms with E-state index < -0.39 is 22.2 Å². The lowest BCUT2D eigenvalue weighted by molar-refractivity contribution is -0.0889. The van der Waals surface area contributed by atoms with Gasteiger partial charge in [-0.05, 0) is 6.08 Å². The molecule has 1 rings (SSSR count). The largest absolute Gasteiger partial charge is 0.417 e. The minimum atomic E-state index is -4.50. The first-order chi connectivity index (χ1) is 5.82. The summed E-state index contributed by atoms with van der Waals surface area (Å²) in [6.07, 6.45) is -3.55. The van der Waals surface area contributed by atoms with Crippen LogP contribution in [0.4, 0.5) is 13.2 Å². The maximum atomic E-state index is 12.2. The molecule has 1 atom stereocenters. The molecule has 0 saturated heterocycles. The second-order valence-electron chi connectivity index (χ2n) is 2.52. The molecule has 1 unspecified atom stereocenters. The summed E-state index contributed by atoms with van der Waals surface area (Å²) in [4.78, 5) is 0. The standard InChI is InChI=1S/C7H4Cl3F3/c8-3-1-4(7(11,12)13)6(10)5(9)2-3/h1,5H,2H2. The highest BCUT2D eigenvalue weighted by Crippen LogP contribution is 2.40. The van der Waals surface area contributed by atoms with Crippen molar-refractivity contribution in [3.63, 3.8) is 0 Å². The molecule has 1 aliphatic rings. The van der Waals surface area contributed by atoms with Gasteiger partial charge >= 0.3 is 6.18 Å². The van der Waals surface area contributed by atoms with Crippen LogP contribution in [0.15, 0.2) is 21.7 Å². The molecule has 0 saturated carbocycles. The number of halogens is 6. The fraction of sp³-hybridized carbons (Fsp3) is 0.429. The predicted octanol–water partition coefficient (Wildman–Crippen LogP) is 4.18. The van der Waals surface area contributed by atoms with E-state index in [1.54, 1.807) is 0 Å². The summed E-state index contributed by atoms with van der Waals surface area (Å²) in [5.41, 5.74) is -0.953. The highest BCUT2D eigenvalue weighted by molar-refractivity contribution is 6.39. The predicted molar refractivity (Wildman–Crippen MR) is 47.1 cm³/mol. The van der Waals surface area contributed by atoms with Gasteiger partial charge in [0.05, 0.1) is 11.0 Å². The first-order valence-electron chi connectivity index (χ1n) is 3.29. The zero-order valence-corrected chi connectivity index (χ0v) is 8.40. The molecule has 0 nitrogen and oxygen atoms in total. The van der Waals surface area contributed by atoms with E-state index in [0.29, 0.717) is 0 Å². The molecule has 0 radical (unpaired) electrons. The van der Waals surface area contributed by atoms with Crippen molar-refractivity contribution < 1.29 is 13.2 Å². The Morgan fingerprint density at radius 3 is 2.31 bits per heavy atom. The average Bonchev–Trinajstić information content (AvgIpc) is 1.94. The zero-order chi connectivity index (χ0) is 10.2. The summed E-state index contributed by atoms with van der Waals surface area (Å²) < 4.78 is 36.7. The quantitative estimate of drug-likeness (QED) is 0.567. The Labute approximate surface area is 88.0 Å². The average molecular weight is 251 g/mol. The van der Waals surface area contributed by atoms with E-state index >= 15 is 0 Å². The number of hydrogen-bond donors (Lipinski definition) is 0. The normalized spacial score (nSPS) is 24.8. The Hall–Kier alpha value is 0.140. The summed E-state index contributed by atoms with van der Waals surface area (Å²) in [7, 11) is 0. The van der Waals surface area contributed by atoms with Crippen LogP contribution in [0, 0.1) is 0 Å². The molecule has 0 amide bonds. The molecule has 0 N–H and O–H groups in total. The molecule has 6 heteroatoms. The van der Waals surface area contributed by atoms with Crippen LogP contribution in [0.2, 0.25) is 0 Å². The third kappa shape index (κ3) is 2.55. The second-order valence-corrected chi connectivity index (χ2v) is 3.94. The number of alkyl halides is 4. The van der Waals surface area contributed by atoms with Crippen LogP contribution >= 0.6 is 34.8 Å². The topological polar surface area (TPSA) is 0 Å². The van der Waals surface area contributed by atoms with Crippen LogP contribution in [-0.4, -0.2) is 11.6 Å². The van der Waals surface area contributed by atoms with Gasteiger partial charge in [-0.25, -0.2) is 0 Å². The van der Waals surface area contributed by atoms with E-state index in [1.165, 1.54) is 0 Å². The number of hydrogen-bond acceptors (Lipinski definition) is 0. The van der Waals surface area contributed by atoms with Gasteiger partial charge in [0.1, 0.15) is 0 Å². The van der Waals surface area contributed by atoms with Gasteiger partial charge in [0.2, 0.25) is 0 Å². The van der Waals surface area contributed by atoms with Gasteiger partial charge in [0.25, 0.3) is 0 Å². The van der Waals surface area contributed by atoms with Crippen molar-refractivity contribution in [3.05, 3.63) is 21.7 Å². The molecule has 74 valence electrons. The van der Waals surface area contributed by atoms with Crippen molar-refractivity contribution in [2.75, 3.05) is 0 Å². The number of rotatable bonds is 0. The minimum Gasteiger partial charge on any atom is -0.166 e. The van der Waals surface area contributed by atoms with Crippen LogP contribution in [-0.2, 0) is 0 Å². The van der Waals surface area contributed by atoms with E-state index in [9.17, 15) is 13.2 Å². The highest BCUT2D eigenvalue weighted by Gasteiger charge is 2.38. The van der Waals surface area contributed by atoms with Crippen LogP contribution in [0.25, 0.3) is 0 Å². The molecule has 0 bridgehead atoms. The maximum absolute atomic E-state index is 12.2. The third-order valence-electron chi connectivity index (χ3n) is 1.51. The Morgan fingerprint density at radius 1 is 1.31 bits per heavy atom. The van der Waals surface area contributed by atoms with Crippen molar-refractivity contribution in [3.8, 4) is 0 Å². The highest BCUT2D eigenvalue weighted by atomic mass is 35.5. The van der Waals surface area contributed by atoms with Gasteiger partial charge in [-0.2, -0.15) is 13.2 Å². The molecule has 0 aromatic heterocycles. The Bertz CT molecular complexity index is 277. The Balaban J connectivity index is 3.12. The summed E-state index contributed by atoms with van der Waals surface area (Å²) >= 11 is 16.4. The van der Waals surface area contributed by atoms with E-state index in [4.69, 9.17) is 34.8 Å².